The lowest BCUT2D eigenvalue weighted by Gasteiger charge is -2.07. The van der Waals surface area contributed by atoms with E-state index >= 15 is 0 Å². The van der Waals surface area contributed by atoms with Crippen LogP contribution in [-0.4, -0.2) is 9.55 Å². The summed E-state index contributed by atoms with van der Waals surface area (Å²) in [6.07, 6.45) is 6.24. The summed E-state index contributed by atoms with van der Waals surface area (Å²) in [7, 11) is 0. The summed E-state index contributed by atoms with van der Waals surface area (Å²) in [5.41, 5.74) is 3.78. The minimum Gasteiger partial charge on any atom is -0.250 e. The van der Waals surface area contributed by atoms with Gasteiger partial charge in [-0.1, -0.05) is 18.2 Å². The zero-order valence-electron chi connectivity index (χ0n) is 13.0. The SMILES string of the molecule is Cc1c(C)[n+](C(C)[n+]2cc[nH]c2)c(C)n1-c1ccccc1. The highest BCUT2D eigenvalue weighted by atomic mass is 15.3. The van der Waals surface area contributed by atoms with Gasteiger partial charge in [-0.05, 0) is 12.1 Å². The van der Waals surface area contributed by atoms with Crippen LogP contribution in [0.3, 0.4) is 0 Å². The highest BCUT2D eigenvalue weighted by Crippen LogP contribution is 2.17. The van der Waals surface area contributed by atoms with Crippen molar-refractivity contribution < 1.29 is 9.13 Å². The van der Waals surface area contributed by atoms with E-state index in [-0.39, 0.29) is 6.17 Å². The van der Waals surface area contributed by atoms with Gasteiger partial charge in [0, 0.05) is 27.7 Å². The van der Waals surface area contributed by atoms with Crippen molar-refractivity contribution in [3.63, 3.8) is 0 Å². The summed E-state index contributed by atoms with van der Waals surface area (Å²) in [6.45, 7) is 8.76. The number of hydrogen-bond donors (Lipinski definition) is 1. The Morgan fingerprint density at radius 2 is 1.81 bits per heavy atom. The van der Waals surface area contributed by atoms with E-state index in [4.69, 9.17) is 0 Å². The average molecular weight is 282 g/mol. The van der Waals surface area contributed by atoms with Gasteiger partial charge >= 0.3 is 0 Å². The van der Waals surface area contributed by atoms with Gasteiger partial charge in [-0.2, -0.15) is 13.7 Å². The summed E-state index contributed by atoms with van der Waals surface area (Å²) in [6, 6.07) is 10.5. The van der Waals surface area contributed by atoms with Gasteiger partial charge in [0.1, 0.15) is 29.5 Å². The minimum atomic E-state index is 0.236. The maximum atomic E-state index is 3.12. The van der Waals surface area contributed by atoms with Crippen LogP contribution in [0.4, 0.5) is 0 Å². The quantitative estimate of drug-likeness (QED) is 0.715. The van der Waals surface area contributed by atoms with E-state index in [0.717, 1.165) is 0 Å². The van der Waals surface area contributed by atoms with Crippen molar-refractivity contribution in [2.45, 2.75) is 33.9 Å². The Labute approximate surface area is 125 Å². The molecule has 1 N–H and O–H groups in total. The first-order valence-corrected chi connectivity index (χ1v) is 7.30. The summed E-state index contributed by atoms with van der Waals surface area (Å²) in [5.74, 6) is 1.23. The van der Waals surface area contributed by atoms with Crippen LogP contribution >= 0.6 is 0 Å². The molecule has 0 fully saturated rings. The highest BCUT2D eigenvalue weighted by Gasteiger charge is 2.29. The molecule has 4 heteroatoms. The van der Waals surface area contributed by atoms with Crippen LogP contribution in [0.5, 0.6) is 0 Å². The second-order valence-corrected chi connectivity index (χ2v) is 5.45. The van der Waals surface area contributed by atoms with Crippen molar-refractivity contribution in [1.82, 2.24) is 9.55 Å². The topological polar surface area (TPSA) is 28.5 Å². The minimum absolute atomic E-state index is 0.236. The molecule has 3 rings (SSSR count). The first-order chi connectivity index (χ1) is 10.1. The fourth-order valence-corrected chi connectivity index (χ4v) is 3.10. The van der Waals surface area contributed by atoms with E-state index in [9.17, 15) is 0 Å². The van der Waals surface area contributed by atoms with Crippen molar-refractivity contribution >= 4 is 0 Å². The molecule has 2 heterocycles. The lowest BCUT2D eigenvalue weighted by molar-refractivity contribution is -0.944. The predicted octanol–water partition coefficient (Wildman–Crippen LogP) is 2.37. The molecule has 0 saturated carbocycles. The molecule has 0 aliphatic heterocycles. The smallest absolute Gasteiger partial charge is 0.250 e. The van der Waals surface area contributed by atoms with E-state index in [1.165, 1.54) is 22.9 Å². The molecule has 1 aromatic carbocycles. The second-order valence-electron chi connectivity index (χ2n) is 5.45. The zero-order chi connectivity index (χ0) is 15.0. The average Bonchev–Trinajstić information content (AvgIpc) is 3.09. The summed E-state index contributed by atoms with van der Waals surface area (Å²) >= 11 is 0. The van der Waals surface area contributed by atoms with Crippen molar-refractivity contribution in [2.75, 3.05) is 0 Å². The fourth-order valence-electron chi connectivity index (χ4n) is 3.10. The standard InChI is InChI=1S/C17H21N4/c1-13-14(2)21(17-8-6-5-7-9-17)16(4)20(13)15(3)19-11-10-18-12-19/h5-12,15H,1-4H3/q+1/p+1. The number of H-pyrrole nitrogens is 1. The molecule has 0 amide bonds. The summed E-state index contributed by atoms with van der Waals surface area (Å²) in [5, 5.41) is 0. The Balaban J connectivity index is 2.16. The van der Waals surface area contributed by atoms with Gasteiger partial charge in [-0.3, -0.25) is 4.98 Å². The number of para-hydroxylation sites is 1. The number of nitrogens with zero attached hydrogens (tertiary/aromatic N) is 3. The molecule has 0 radical (unpaired) electrons. The van der Waals surface area contributed by atoms with Crippen molar-refractivity contribution in [3.05, 3.63) is 66.3 Å². The first-order valence-electron chi connectivity index (χ1n) is 7.30. The van der Waals surface area contributed by atoms with Crippen LogP contribution < -0.4 is 9.13 Å². The Hall–Kier alpha value is -2.36. The normalized spacial score (nSPS) is 12.6. The second kappa shape index (κ2) is 5.20. The molecule has 0 aliphatic carbocycles. The van der Waals surface area contributed by atoms with Crippen molar-refractivity contribution in [2.24, 2.45) is 0 Å². The van der Waals surface area contributed by atoms with E-state index in [1.807, 2.05) is 12.5 Å². The van der Waals surface area contributed by atoms with Gasteiger partial charge in [-0.25, -0.2) is 0 Å². The van der Waals surface area contributed by atoms with Gasteiger partial charge in [0.15, 0.2) is 0 Å². The number of benzene rings is 1. The zero-order valence-corrected chi connectivity index (χ0v) is 13.0. The molecule has 1 atom stereocenters. The van der Waals surface area contributed by atoms with Gasteiger partial charge in [0.25, 0.3) is 5.82 Å². The highest BCUT2D eigenvalue weighted by molar-refractivity contribution is 5.35. The lowest BCUT2D eigenvalue weighted by atomic mass is 10.3. The van der Waals surface area contributed by atoms with Crippen LogP contribution in [-0.2, 0) is 0 Å². The third kappa shape index (κ3) is 2.17. The van der Waals surface area contributed by atoms with E-state index in [1.54, 1.807) is 0 Å². The van der Waals surface area contributed by atoms with Crippen LogP contribution in [0.2, 0.25) is 0 Å². The third-order valence-electron chi connectivity index (χ3n) is 4.28. The Morgan fingerprint density at radius 3 is 2.43 bits per heavy atom. The molecule has 2 aromatic heterocycles. The van der Waals surface area contributed by atoms with Crippen LogP contribution in [0.1, 0.15) is 30.3 Å². The van der Waals surface area contributed by atoms with Gasteiger partial charge in [0.05, 0.1) is 0 Å². The van der Waals surface area contributed by atoms with E-state index in [0.29, 0.717) is 0 Å². The fraction of sp³-hybridized carbons (Fsp3) is 0.294. The van der Waals surface area contributed by atoms with Crippen molar-refractivity contribution in [3.8, 4) is 5.69 Å². The van der Waals surface area contributed by atoms with Crippen LogP contribution in [0.15, 0.2) is 49.1 Å². The Morgan fingerprint density at radius 1 is 1.10 bits per heavy atom. The number of aromatic nitrogens is 4. The monoisotopic (exact) mass is 282 g/mol. The molecule has 108 valence electrons. The third-order valence-corrected chi connectivity index (χ3v) is 4.28. The predicted molar refractivity (Wildman–Crippen MR) is 81.3 cm³/mol. The number of nitrogens with one attached hydrogen (secondary N) is 1. The lowest BCUT2D eigenvalue weighted by Crippen LogP contribution is -2.57. The van der Waals surface area contributed by atoms with Gasteiger partial charge in [-0.15, -0.1) is 0 Å². The van der Waals surface area contributed by atoms with E-state index < -0.39 is 0 Å². The van der Waals surface area contributed by atoms with Crippen molar-refractivity contribution in [1.29, 1.82) is 0 Å². The first kappa shape index (κ1) is 13.6. The summed E-state index contributed by atoms with van der Waals surface area (Å²) < 4.78 is 6.87. The number of aromatic amines is 1. The Kier molecular flexibility index (Phi) is 3.37. The molecular weight excluding hydrogens is 260 g/mol. The number of rotatable bonds is 3. The van der Waals surface area contributed by atoms with Crippen LogP contribution in [0, 0.1) is 20.8 Å². The van der Waals surface area contributed by atoms with Gasteiger partial charge in [0.2, 0.25) is 12.5 Å². The molecule has 4 nitrogen and oxygen atoms in total. The maximum Gasteiger partial charge on any atom is 0.262 e. The Bertz CT molecular complexity index is 739. The number of hydrogen-bond acceptors (Lipinski definition) is 0. The molecule has 0 aliphatic rings. The molecule has 0 spiro atoms. The number of imidazole rings is 2. The largest absolute Gasteiger partial charge is 0.262 e. The maximum absolute atomic E-state index is 3.12. The van der Waals surface area contributed by atoms with Crippen LogP contribution in [0.25, 0.3) is 5.69 Å². The molecule has 0 bridgehead atoms. The molecule has 1 unspecified atom stereocenters. The molecule has 21 heavy (non-hydrogen) atoms. The van der Waals surface area contributed by atoms with E-state index in [2.05, 4.69) is 82.9 Å². The summed E-state index contributed by atoms with van der Waals surface area (Å²) in [4.78, 5) is 3.12. The molecular formula is C17H22N4+2. The molecule has 3 aromatic rings. The molecule has 0 saturated heterocycles. The van der Waals surface area contributed by atoms with Gasteiger partial charge < -0.3 is 0 Å².